The van der Waals surface area contributed by atoms with Crippen LogP contribution in [-0.2, 0) is 0 Å². The third kappa shape index (κ3) is 4.58. The van der Waals surface area contributed by atoms with E-state index in [0.29, 0.717) is 22.7 Å². The summed E-state index contributed by atoms with van der Waals surface area (Å²) >= 11 is 0. The van der Waals surface area contributed by atoms with E-state index in [2.05, 4.69) is 17.2 Å². The summed E-state index contributed by atoms with van der Waals surface area (Å²) in [4.78, 5) is 42.6. The molecule has 1 N–H and O–H groups in total. The third-order valence-corrected chi connectivity index (χ3v) is 4.84. The maximum absolute atomic E-state index is 12.7. The van der Waals surface area contributed by atoms with Gasteiger partial charge in [0.2, 0.25) is 0 Å². The molecule has 6 nitrogen and oxygen atoms in total. The van der Waals surface area contributed by atoms with Crippen LogP contribution in [-0.4, -0.2) is 40.6 Å². The fourth-order valence-electron chi connectivity index (χ4n) is 3.09. The van der Waals surface area contributed by atoms with E-state index >= 15 is 0 Å². The standard InChI is InChI=1S/C21H23N3O3/c1-14-7-10-24(11-8-14)21(27)17-6-9-22-19(13-17)20(26)23-18-5-3-4-16(12-18)15(2)25/h3-6,9,12-14H,7-8,10-11H2,1-2H3,(H,23,26). The lowest BCUT2D eigenvalue weighted by Crippen LogP contribution is -2.38. The molecule has 1 fully saturated rings. The Hall–Kier alpha value is -3.02. The summed E-state index contributed by atoms with van der Waals surface area (Å²) in [6, 6.07) is 9.86. The van der Waals surface area contributed by atoms with Crippen LogP contribution in [0, 0.1) is 5.92 Å². The molecule has 0 unspecified atom stereocenters. The zero-order valence-corrected chi connectivity index (χ0v) is 15.6. The van der Waals surface area contributed by atoms with Gasteiger partial charge < -0.3 is 10.2 Å². The van der Waals surface area contributed by atoms with Crippen molar-refractivity contribution in [3.8, 4) is 0 Å². The second-order valence-electron chi connectivity index (χ2n) is 7.00. The van der Waals surface area contributed by atoms with E-state index in [1.165, 1.54) is 19.2 Å². The maximum atomic E-state index is 12.7. The first-order chi connectivity index (χ1) is 12.9. The van der Waals surface area contributed by atoms with Gasteiger partial charge in [-0.1, -0.05) is 19.1 Å². The number of likely N-dealkylation sites (tertiary alicyclic amines) is 1. The van der Waals surface area contributed by atoms with Gasteiger partial charge in [0, 0.05) is 36.1 Å². The molecule has 1 aromatic carbocycles. The molecule has 0 atom stereocenters. The monoisotopic (exact) mass is 365 g/mol. The van der Waals surface area contributed by atoms with Crippen molar-refractivity contribution in [2.45, 2.75) is 26.7 Å². The largest absolute Gasteiger partial charge is 0.339 e. The molecule has 3 rings (SSSR count). The van der Waals surface area contributed by atoms with Gasteiger partial charge in [-0.2, -0.15) is 0 Å². The molecule has 0 bridgehead atoms. The number of carbonyl (C=O) groups excluding carboxylic acids is 3. The average Bonchev–Trinajstić information content (AvgIpc) is 2.68. The molecule has 1 aliphatic heterocycles. The number of amides is 2. The Bertz CT molecular complexity index is 870. The molecule has 0 saturated carbocycles. The number of ketones is 1. The van der Waals surface area contributed by atoms with Gasteiger partial charge >= 0.3 is 0 Å². The van der Waals surface area contributed by atoms with Crippen LogP contribution < -0.4 is 5.32 Å². The van der Waals surface area contributed by atoms with Crippen LogP contribution in [0.3, 0.4) is 0 Å². The highest BCUT2D eigenvalue weighted by Gasteiger charge is 2.22. The maximum Gasteiger partial charge on any atom is 0.274 e. The molecule has 1 aromatic heterocycles. The average molecular weight is 365 g/mol. The second-order valence-corrected chi connectivity index (χ2v) is 7.00. The quantitative estimate of drug-likeness (QED) is 0.842. The van der Waals surface area contributed by atoms with Crippen LogP contribution in [0.15, 0.2) is 42.6 Å². The molecule has 0 radical (unpaired) electrons. The number of aromatic nitrogens is 1. The number of nitrogens with one attached hydrogen (secondary N) is 1. The van der Waals surface area contributed by atoms with Gasteiger partial charge in [0.1, 0.15) is 5.69 Å². The minimum atomic E-state index is -0.419. The van der Waals surface area contributed by atoms with E-state index < -0.39 is 5.91 Å². The van der Waals surface area contributed by atoms with Crippen LogP contribution in [0.1, 0.15) is 57.9 Å². The van der Waals surface area contributed by atoms with Gasteiger partial charge in [-0.05, 0) is 49.9 Å². The normalized spacial score (nSPS) is 14.7. The summed E-state index contributed by atoms with van der Waals surface area (Å²) in [6.45, 7) is 5.14. The zero-order valence-electron chi connectivity index (χ0n) is 15.6. The Labute approximate surface area is 158 Å². The first-order valence-corrected chi connectivity index (χ1v) is 9.11. The number of benzene rings is 1. The molecule has 2 heterocycles. The van der Waals surface area contributed by atoms with Crippen molar-refractivity contribution in [2.24, 2.45) is 5.92 Å². The molecular formula is C21H23N3O3. The first kappa shape index (κ1) is 18.8. The molecular weight excluding hydrogens is 342 g/mol. The number of carbonyl (C=O) groups is 3. The van der Waals surface area contributed by atoms with Gasteiger partial charge in [-0.25, -0.2) is 0 Å². The van der Waals surface area contributed by atoms with Gasteiger partial charge in [0.25, 0.3) is 11.8 Å². The smallest absolute Gasteiger partial charge is 0.274 e. The molecule has 6 heteroatoms. The number of hydrogen-bond acceptors (Lipinski definition) is 4. The van der Waals surface area contributed by atoms with Gasteiger partial charge in [0.05, 0.1) is 0 Å². The van der Waals surface area contributed by atoms with E-state index in [0.717, 1.165) is 25.9 Å². The molecule has 2 amide bonds. The predicted molar refractivity (Wildman–Crippen MR) is 103 cm³/mol. The molecule has 1 aliphatic rings. The molecule has 0 aliphatic carbocycles. The predicted octanol–water partition coefficient (Wildman–Crippen LogP) is 3.41. The van der Waals surface area contributed by atoms with Crippen molar-refractivity contribution >= 4 is 23.3 Å². The SMILES string of the molecule is CC(=O)c1cccc(NC(=O)c2cc(C(=O)N3CCC(C)CC3)ccn2)c1. The molecule has 27 heavy (non-hydrogen) atoms. The van der Waals surface area contributed by atoms with Crippen LogP contribution in [0.5, 0.6) is 0 Å². The van der Waals surface area contributed by atoms with Crippen molar-refractivity contribution in [2.75, 3.05) is 18.4 Å². The number of piperidine rings is 1. The summed E-state index contributed by atoms with van der Waals surface area (Å²) in [5, 5.41) is 2.73. The molecule has 2 aromatic rings. The second kappa shape index (κ2) is 8.12. The van der Waals surface area contributed by atoms with E-state index in [1.807, 2.05) is 4.90 Å². The summed E-state index contributed by atoms with van der Waals surface area (Å²) in [7, 11) is 0. The van der Waals surface area contributed by atoms with E-state index in [-0.39, 0.29) is 17.4 Å². The van der Waals surface area contributed by atoms with E-state index in [9.17, 15) is 14.4 Å². The Morgan fingerprint density at radius 2 is 1.81 bits per heavy atom. The number of Topliss-reactive ketones (excluding diaryl/α,β-unsaturated/α-hetero) is 1. The fraction of sp³-hybridized carbons (Fsp3) is 0.333. The van der Waals surface area contributed by atoms with Crippen LogP contribution in [0.2, 0.25) is 0 Å². The van der Waals surface area contributed by atoms with E-state index in [4.69, 9.17) is 0 Å². The van der Waals surface area contributed by atoms with Crippen LogP contribution in [0.4, 0.5) is 5.69 Å². The van der Waals surface area contributed by atoms with Crippen molar-refractivity contribution in [3.05, 3.63) is 59.4 Å². The van der Waals surface area contributed by atoms with Gasteiger partial charge in [-0.3, -0.25) is 19.4 Å². The number of pyridine rings is 1. The molecule has 0 spiro atoms. The van der Waals surface area contributed by atoms with Crippen LogP contribution in [0.25, 0.3) is 0 Å². The van der Waals surface area contributed by atoms with Gasteiger partial charge in [0.15, 0.2) is 5.78 Å². The summed E-state index contributed by atoms with van der Waals surface area (Å²) in [6.07, 6.45) is 3.47. The van der Waals surface area contributed by atoms with Crippen LogP contribution >= 0.6 is 0 Å². The lowest BCUT2D eigenvalue weighted by Gasteiger charge is -2.30. The number of nitrogens with zero attached hydrogens (tertiary/aromatic N) is 2. The lowest BCUT2D eigenvalue weighted by atomic mass is 9.98. The summed E-state index contributed by atoms with van der Waals surface area (Å²) in [5.74, 6) is 0.0702. The summed E-state index contributed by atoms with van der Waals surface area (Å²) in [5.41, 5.74) is 1.65. The minimum absolute atomic E-state index is 0.0723. The summed E-state index contributed by atoms with van der Waals surface area (Å²) < 4.78 is 0. The Kier molecular flexibility index (Phi) is 5.64. The number of hydrogen-bond donors (Lipinski definition) is 1. The topological polar surface area (TPSA) is 79.4 Å². The van der Waals surface area contributed by atoms with E-state index in [1.54, 1.807) is 30.3 Å². The highest BCUT2D eigenvalue weighted by molar-refractivity contribution is 6.05. The number of rotatable bonds is 4. The molecule has 140 valence electrons. The molecule has 1 saturated heterocycles. The van der Waals surface area contributed by atoms with Crippen molar-refractivity contribution in [1.29, 1.82) is 0 Å². The Morgan fingerprint density at radius 1 is 1.07 bits per heavy atom. The number of anilines is 1. The highest BCUT2D eigenvalue weighted by atomic mass is 16.2. The van der Waals surface area contributed by atoms with Crippen molar-refractivity contribution in [3.63, 3.8) is 0 Å². The highest BCUT2D eigenvalue weighted by Crippen LogP contribution is 2.19. The van der Waals surface area contributed by atoms with Crippen molar-refractivity contribution < 1.29 is 14.4 Å². The Morgan fingerprint density at radius 3 is 2.52 bits per heavy atom. The zero-order chi connectivity index (χ0) is 19.4. The van der Waals surface area contributed by atoms with Crippen molar-refractivity contribution in [1.82, 2.24) is 9.88 Å². The third-order valence-electron chi connectivity index (χ3n) is 4.84. The lowest BCUT2D eigenvalue weighted by molar-refractivity contribution is 0.0697. The fourth-order valence-corrected chi connectivity index (χ4v) is 3.09. The van der Waals surface area contributed by atoms with Gasteiger partial charge in [-0.15, -0.1) is 0 Å². The Balaban J connectivity index is 1.73. The minimum Gasteiger partial charge on any atom is -0.339 e. The first-order valence-electron chi connectivity index (χ1n) is 9.11.